The Balaban J connectivity index is 1.36. The first kappa shape index (κ1) is 18.7. The van der Waals surface area contributed by atoms with Crippen LogP contribution in [0.1, 0.15) is 5.56 Å². The van der Waals surface area contributed by atoms with Gasteiger partial charge in [-0.3, -0.25) is 0 Å². The summed E-state index contributed by atoms with van der Waals surface area (Å²) in [5.74, 6) is 0.886. The molecule has 1 heterocycles. The number of hydrogen-bond donors (Lipinski definition) is 2. The molecule has 0 bridgehead atoms. The summed E-state index contributed by atoms with van der Waals surface area (Å²) in [7, 11) is 1.69. The molecule has 5 heteroatoms. The summed E-state index contributed by atoms with van der Waals surface area (Å²) in [6.07, 6.45) is -0.416. The molecule has 3 rings (SSSR count). The zero-order chi connectivity index (χ0) is 18.2. The minimum absolute atomic E-state index is 0.389. The van der Waals surface area contributed by atoms with Crippen molar-refractivity contribution in [1.82, 2.24) is 0 Å². The predicted molar refractivity (Wildman–Crippen MR) is 103 cm³/mol. The maximum atomic E-state index is 10.2. The number of benzene rings is 2. The number of quaternary nitrogens is 1. The molecule has 5 nitrogen and oxygen atoms in total. The van der Waals surface area contributed by atoms with Gasteiger partial charge in [-0.1, -0.05) is 30.3 Å². The maximum Gasteiger partial charge on any atom is 0.126 e. The summed E-state index contributed by atoms with van der Waals surface area (Å²) >= 11 is 0. The smallest absolute Gasteiger partial charge is 0.126 e. The molecule has 0 amide bonds. The highest BCUT2D eigenvalue weighted by Crippen LogP contribution is 2.18. The number of anilines is 1. The van der Waals surface area contributed by atoms with Crippen molar-refractivity contribution in [3.8, 4) is 5.75 Å². The summed E-state index contributed by atoms with van der Waals surface area (Å²) in [6, 6.07) is 18.3. The van der Waals surface area contributed by atoms with E-state index in [1.807, 2.05) is 42.5 Å². The van der Waals surface area contributed by atoms with E-state index >= 15 is 0 Å². The van der Waals surface area contributed by atoms with Gasteiger partial charge in [0.2, 0.25) is 0 Å². The third-order valence-electron chi connectivity index (χ3n) is 4.85. The molecule has 1 atom stereocenters. The van der Waals surface area contributed by atoms with E-state index in [4.69, 9.17) is 9.47 Å². The largest absolute Gasteiger partial charge is 0.497 e. The fraction of sp³-hybridized carbons (Fsp3) is 0.429. The zero-order valence-corrected chi connectivity index (χ0v) is 15.4. The van der Waals surface area contributed by atoms with Crippen LogP contribution < -0.4 is 14.5 Å². The molecule has 2 aromatic rings. The molecule has 140 valence electrons. The van der Waals surface area contributed by atoms with Crippen LogP contribution in [0.3, 0.4) is 0 Å². The van der Waals surface area contributed by atoms with E-state index in [-0.39, 0.29) is 0 Å². The van der Waals surface area contributed by atoms with Gasteiger partial charge < -0.3 is 24.4 Å². The molecular weight excluding hydrogens is 328 g/mol. The van der Waals surface area contributed by atoms with Crippen molar-refractivity contribution in [1.29, 1.82) is 0 Å². The molecule has 0 saturated carbocycles. The SMILES string of the molecule is COc1ccc(N2CC[NH+](C[C@H](O)COCc3ccccc3)CC2)cc1. The van der Waals surface area contributed by atoms with Crippen LogP contribution in [0.2, 0.25) is 0 Å². The lowest BCUT2D eigenvalue weighted by Crippen LogP contribution is -3.16. The summed E-state index contributed by atoms with van der Waals surface area (Å²) in [5.41, 5.74) is 2.37. The summed E-state index contributed by atoms with van der Waals surface area (Å²) in [6.45, 7) is 5.74. The van der Waals surface area contributed by atoms with E-state index in [9.17, 15) is 5.11 Å². The Labute approximate surface area is 155 Å². The molecule has 0 radical (unpaired) electrons. The monoisotopic (exact) mass is 357 g/mol. The molecule has 0 aliphatic carbocycles. The van der Waals surface area contributed by atoms with Gasteiger partial charge >= 0.3 is 0 Å². The van der Waals surface area contributed by atoms with Gasteiger partial charge in [-0.2, -0.15) is 0 Å². The number of nitrogens with zero attached hydrogens (tertiary/aromatic N) is 1. The van der Waals surface area contributed by atoms with E-state index in [1.165, 1.54) is 10.6 Å². The van der Waals surface area contributed by atoms with Gasteiger partial charge in [-0.25, -0.2) is 0 Å². The van der Waals surface area contributed by atoms with Crippen LogP contribution >= 0.6 is 0 Å². The third-order valence-corrected chi connectivity index (χ3v) is 4.85. The van der Waals surface area contributed by atoms with Crippen molar-refractivity contribution in [3.05, 3.63) is 60.2 Å². The molecule has 0 unspecified atom stereocenters. The van der Waals surface area contributed by atoms with Crippen LogP contribution in [0.4, 0.5) is 5.69 Å². The number of ether oxygens (including phenoxy) is 2. The van der Waals surface area contributed by atoms with Gasteiger partial charge in [-0.15, -0.1) is 0 Å². The van der Waals surface area contributed by atoms with Gasteiger partial charge in [0.1, 0.15) is 18.4 Å². The summed E-state index contributed by atoms with van der Waals surface area (Å²) in [4.78, 5) is 3.83. The number of aliphatic hydroxyl groups excluding tert-OH is 1. The van der Waals surface area contributed by atoms with Gasteiger partial charge in [0.05, 0.1) is 46.5 Å². The minimum Gasteiger partial charge on any atom is -0.497 e. The van der Waals surface area contributed by atoms with E-state index < -0.39 is 6.10 Å². The molecule has 1 aliphatic heterocycles. The molecule has 26 heavy (non-hydrogen) atoms. The number of hydrogen-bond acceptors (Lipinski definition) is 4. The van der Waals surface area contributed by atoms with E-state index in [0.717, 1.165) is 44.0 Å². The number of nitrogens with one attached hydrogen (secondary N) is 1. The van der Waals surface area contributed by atoms with Crippen molar-refractivity contribution in [2.75, 3.05) is 51.3 Å². The van der Waals surface area contributed by atoms with E-state index in [2.05, 4.69) is 17.0 Å². The van der Waals surface area contributed by atoms with Crippen LogP contribution in [0, 0.1) is 0 Å². The van der Waals surface area contributed by atoms with Crippen molar-refractivity contribution in [2.24, 2.45) is 0 Å². The normalized spacial score (nSPS) is 16.5. The van der Waals surface area contributed by atoms with Crippen molar-refractivity contribution >= 4 is 5.69 Å². The summed E-state index contributed by atoms with van der Waals surface area (Å²) in [5, 5.41) is 10.2. The zero-order valence-electron chi connectivity index (χ0n) is 15.4. The van der Waals surface area contributed by atoms with Crippen molar-refractivity contribution in [3.63, 3.8) is 0 Å². The predicted octanol–water partition coefficient (Wildman–Crippen LogP) is 0.978. The van der Waals surface area contributed by atoms with Crippen LogP contribution in [-0.2, 0) is 11.3 Å². The molecule has 2 aromatic carbocycles. The quantitative estimate of drug-likeness (QED) is 0.739. The minimum atomic E-state index is -0.416. The Hall–Kier alpha value is -2.08. The number of methoxy groups -OCH3 is 1. The van der Waals surface area contributed by atoms with Crippen molar-refractivity contribution in [2.45, 2.75) is 12.7 Å². The van der Waals surface area contributed by atoms with Crippen LogP contribution in [0.25, 0.3) is 0 Å². The Morgan fingerprint density at radius 3 is 2.38 bits per heavy atom. The van der Waals surface area contributed by atoms with Gasteiger partial charge in [0.25, 0.3) is 0 Å². The molecule has 0 aromatic heterocycles. The molecule has 1 aliphatic rings. The average Bonchev–Trinajstić information content (AvgIpc) is 2.69. The Bertz CT molecular complexity index is 640. The molecular formula is C21H29N2O3+. The number of rotatable bonds is 8. The second-order valence-electron chi connectivity index (χ2n) is 6.79. The lowest BCUT2D eigenvalue weighted by Gasteiger charge is -2.34. The first-order valence-electron chi connectivity index (χ1n) is 9.27. The second kappa shape index (κ2) is 9.57. The van der Waals surface area contributed by atoms with Gasteiger partial charge in [0.15, 0.2) is 0 Å². The number of piperazine rings is 1. The Morgan fingerprint density at radius 1 is 1.04 bits per heavy atom. The Morgan fingerprint density at radius 2 is 1.73 bits per heavy atom. The molecule has 1 saturated heterocycles. The highest BCUT2D eigenvalue weighted by Gasteiger charge is 2.22. The highest BCUT2D eigenvalue weighted by atomic mass is 16.5. The molecule has 2 N–H and O–H groups in total. The summed E-state index contributed by atoms with van der Waals surface area (Å²) < 4.78 is 10.9. The second-order valence-corrected chi connectivity index (χ2v) is 6.79. The van der Waals surface area contributed by atoms with E-state index in [1.54, 1.807) is 7.11 Å². The van der Waals surface area contributed by atoms with Crippen LogP contribution in [0.15, 0.2) is 54.6 Å². The van der Waals surface area contributed by atoms with Crippen LogP contribution in [0.5, 0.6) is 5.75 Å². The third kappa shape index (κ3) is 5.46. The highest BCUT2D eigenvalue weighted by molar-refractivity contribution is 5.49. The Kier molecular flexibility index (Phi) is 6.89. The van der Waals surface area contributed by atoms with Crippen molar-refractivity contribution < 1.29 is 19.5 Å². The molecule has 0 spiro atoms. The first-order chi connectivity index (χ1) is 12.7. The van der Waals surface area contributed by atoms with Gasteiger partial charge in [0, 0.05) is 5.69 Å². The standard InChI is InChI=1S/C21H28N2O3/c1-25-21-9-7-19(8-10-21)23-13-11-22(12-14-23)15-20(24)17-26-16-18-5-3-2-4-6-18/h2-10,20,24H,11-17H2,1H3/p+1/t20-/m0/s1. The van der Waals surface area contributed by atoms with Crippen LogP contribution in [-0.4, -0.2) is 57.7 Å². The first-order valence-corrected chi connectivity index (χ1v) is 9.27. The molecule has 1 fully saturated rings. The maximum absolute atomic E-state index is 10.2. The fourth-order valence-corrected chi connectivity index (χ4v) is 3.36. The number of aliphatic hydroxyl groups is 1. The lowest BCUT2D eigenvalue weighted by molar-refractivity contribution is -0.903. The van der Waals surface area contributed by atoms with Gasteiger partial charge in [-0.05, 0) is 29.8 Å². The lowest BCUT2D eigenvalue weighted by atomic mass is 10.2. The van der Waals surface area contributed by atoms with E-state index in [0.29, 0.717) is 13.2 Å². The topological polar surface area (TPSA) is 46.4 Å². The average molecular weight is 357 g/mol. The fourth-order valence-electron chi connectivity index (χ4n) is 3.36.